The second-order valence-electron chi connectivity index (χ2n) is 5.98. The van der Waals surface area contributed by atoms with Crippen LogP contribution in [0.25, 0.3) is 0 Å². The number of nitrogens with zero attached hydrogens (tertiary/aromatic N) is 2. The highest BCUT2D eigenvalue weighted by Crippen LogP contribution is 2.34. The van der Waals surface area contributed by atoms with Gasteiger partial charge in [0, 0.05) is 42.0 Å². The molecular formula is C15H22BrN3. The molecule has 2 aliphatic rings. The third-order valence-electron chi connectivity index (χ3n) is 4.36. The number of hydrogen-bond acceptors (Lipinski definition) is 3. The molecule has 0 amide bonds. The lowest BCUT2D eigenvalue weighted by Crippen LogP contribution is -2.40. The first-order chi connectivity index (χ1) is 9.22. The van der Waals surface area contributed by atoms with Gasteiger partial charge in [-0.3, -0.25) is 9.88 Å². The van der Waals surface area contributed by atoms with Gasteiger partial charge in [-0.15, -0.1) is 0 Å². The molecule has 0 aromatic carbocycles. The molecule has 3 rings (SSSR count). The van der Waals surface area contributed by atoms with Crippen molar-refractivity contribution in [2.45, 2.75) is 44.8 Å². The van der Waals surface area contributed by atoms with Crippen LogP contribution in [0, 0.1) is 5.92 Å². The normalized spacial score (nSPS) is 29.2. The fraction of sp³-hybridized carbons (Fsp3) is 0.667. The van der Waals surface area contributed by atoms with Gasteiger partial charge in [0.2, 0.25) is 0 Å². The lowest BCUT2D eigenvalue weighted by atomic mass is 10.1. The molecule has 1 saturated carbocycles. The van der Waals surface area contributed by atoms with E-state index in [1.165, 1.54) is 31.4 Å². The molecule has 1 saturated heterocycles. The Morgan fingerprint density at radius 1 is 1.37 bits per heavy atom. The van der Waals surface area contributed by atoms with Crippen molar-refractivity contribution in [1.29, 1.82) is 0 Å². The largest absolute Gasteiger partial charge is 0.312 e. The van der Waals surface area contributed by atoms with Gasteiger partial charge >= 0.3 is 0 Å². The molecule has 0 spiro atoms. The third kappa shape index (κ3) is 3.56. The predicted octanol–water partition coefficient (Wildman–Crippen LogP) is 2.81. The number of hydrogen-bond donors (Lipinski definition) is 1. The van der Waals surface area contributed by atoms with Crippen LogP contribution in [0.5, 0.6) is 0 Å². The molecule has 0 bridgehead atoms. The summed E-state index contributed by atoms with van der Waals surface area (Å²) in [5.41, 5.74) is 1.30. The van der Waals surface area contributed by atoms with Gasteiger partial charge in [-0.25, -0.2) is 0 Å². The van der Waals surface area contributed by atoms with Gasteiger partial charge in [0.15, 0.2) is 0 Å². The molecule has 1 aromatic heterocycles. The van der Waals surface area contributed by atoms with Gasteiger partial charge in [-0.05, 0) is 66.2 Å². The van der Waals surface area contributed by atoms with E-state index in [1.54, 1.807) is 0 Å². The Labute approximate surface area is 123 Å². The Hall–Kier alpha value is -0.450. The van der Waals surface area contributed by atoms with Crippen LogP contribution in [0.15, 0.2) is 22.9 Å². The van der Waals surface area contributed by atoms with E-state index < -0.39 is 0 Å². The molecule has 1 aliphatic carbocycles. The molecule has 2 unspecified atom stereocenters. The summed E-state index contributed by atoms with van der Waals surface area (Å²) in [5.74, 6) is 0.924. The van der Waals surface area contributed by atoms with E-state index in [4.69, 9.17) is 0 Å². The third-order valence-corrected chi connectivity index (χ3v) is 4.80. The molecule has 3 nitrogen and oxygen atoms in total. The predicted molar refractivity (Wildman–Crippen MR) is 80.9 cm³/mol. The summed E-state index contributed by atoms with van der Waals surface area (Å²) in [7, 11) is 0. The Bertz CT molecular complexity index is 433. The van der Waals surface area contributed by atoms with Crippen LogP contribution in [0.3, 0.4) is 0 Å². The summed E-state index contributed by atoms with van der Waals surface area (Å²) in [4.78, 5) is 6.89. The average Bonchev–Trinajstić information content (AvgIpc) is 3.19. The average molecular weight is 324 g/mol. The highest BCUT2D eigenvalue weighted by molar-refractivity contribution is 9.10. The topological polar surface area (TPSA) is 28.2 Å². The standard InChI is InChI=1S/C15H22BrN3/c1-11-4-5-18-15(13-2-3-13)10-19(11)9-12-6-14(16)8-17-7-12/h6-8,11,13,15,18H,2-5,9-10H2,1H3. The van der Waals surface area contributed by atoms with E-state index in [2.05, 4.69) is 44.1 Å². The summed E-state index contributed by atoms with van der Waals surface area (Å²) < 4.78 is 1.07. The zero-order valence-electron chi connectivity index (χ0n) is 11.5. The minimum Gasteiger partial charge on any atom is -0.312 e. The van der Waals surface area contributed by atoms with Crippen LogP contribution in [0.1, 0.15) is 31.7 Å². The van der Waals surface area contributed by atoms with Crippen molar-refractivity contribution in [1.82, 2.24) is 15.2 Å². The summed E-state index contributed by atoms with van der Waals surface area (Å²) in [5, 5.41) is 3.73. The molecule has 2 heterocycles. The van der Waals surface area contributed by atoms with E-state index in [0.29, 0.717) is 12.1 Å². The molecular weight excluding hydrogens is 302 g/mol. The fourth-order valence-electron chi connectivity index (χ4n) is 2.97. The van der Waals surface area contributed by atoms with E-state index in [9.17, 15) is 0 Å². The first-order valence-corrected chi connectivity index (χ1v) is 8.08. The number of pyridine rings is 1. The maximum Gasteiger partial charge on any atom is 0.0410 e. The maximum atomic E-state index is 4.28. The second kappa shape index (κ2) is 5.90. The van der Waals surface area contributed by atoms with Crippen molar-refractivity contribution in [2.24, 2.45) is 5.92 Å². The Morgan fingerprint density at radius 2 is 2.21 bits per heavy atom. The molecule has 19 heavy (non-hydrogen) atoms. The van der Waals surface area contributed by atoms with Crippen LogP contribution in [0.4, 0.5) is 0 Å². The van der Waals surface area contributed by atoms with Crippen molar-refractivity contribution >= 4 is 15.9 Å². The summed E-state index contributed by atoms with van der Waals surface area (Å²) in [6, 6.07) is 3.53. The molecule has 1 aromatic rings. The van der Waals surface area contributed by atoms with Crippen LogP contribution in [-0.4, -0.2) is 35.1 Å². The van der Waals surface area contributed by atoms with Crippen molar-refractivity contribution in [3.05, 3.63) is 28.5 Å². The van der Waals surface area contributed by atoms with Gasteiger partial charge in [-0.2, -0.15) is 0 Å². The SMILES string of the molecule is CC1CCNC(C2CC2)CN1Cc1cncc(Br)c1. The lowest BCUT2D eigenvalue weighted by Gasteiger charge is -2.29. The van der Waals surface area contributed by atoms with Gasteiger partial charge in [0.25, 0.3) is 0 Å². The van der Waals surface area contributed by atoms with Gasteiger partial charge in [0.1, 0.15) is 0 Å². The van der Waals surface area contributed by atoms with Crippen LogP contribution >= 0.6 is 15.9 Å². The van der Waals surface area contributed by atoms with E-state index >= 15 is 0 Å². The summed E-state index contributed by atoms with van der Waals surface area (Å²) in [6.07, 6.45) is 7.91. The fourth-order valence-corrected chi connectivity index (χ4v) is 3.38. The second-order valence-corrected chi connectivity index (χ2v) is 6.89. The molecule has 1 aliphatic heterocycles. The van der Waals surface area contributed by atoms with E-state index in [1.807, 2.05) is 12.4 Å². The molecule has 104 valence electrons. The zero-order valence-corrected chi connectivity index (χ0v) is 13.1. The first kappa shape index (κ1) is 13.5. The molecule has 2 atom stereocenters. The quantitative estimate of drug-likeness (QED) is 0.927. The Balaban J connectivity index is 1.69. The number of halogens is 1. The van der Waals surface area contributed by atoms with E-state index in [0.717, 1.165) is 23.5 Å². The van der Waals surface area contributed by atoms with Crippen molar-refractivity contribution < 1.29 is 0 Å². The lowest BCUT2D eigenvalue weighted by molar-refractivity contribution is 0.190. The Kier molecular flexibility index (Phi) is 4.20. The monoisotopic (exact) mass is 323 g/mol. The minimum atomic E-state index is 0.648. The molecule has 4 heteroatoms. The summed E-state index contributed by atoms with van der Waals surface area (Å²) >= 11 is 3.51. The summed E-state index contributed by atoms with van der Waals surface area (Å²) in [6.45, 7) is 5.70. The van der Waals surface area contributed by atoms with Gasteiger partial charge in [-0.1, -0.05) is 0 Å². The van der Waals surface area contributed by atoms with Crippen molar-refractivity contribution in [2.75, 3.05) is 13.1 Å². The van der Waals surface area contributed by atoms with Crippen LogP contribution < -0.4 is 5.32 Å². The first-order valence-electron chi connectivity index (χ1n) is 7.29. The minimum absolute atomic E-state index is 0.648. The molecule has 0 radical (unpaired) electrons. The highest BCUT2D eigenvalue weighted by Gasteiger charge is 2.34. The number of nitrogens with one attached hydrogen (secondary N) is 1. The Morgan fingerprint density at radius 3 is 2.95 bits per heavy atom. The maximum absolute atomic E-state index is 4.28. The number of rotatable bonds is 3. The van der Waals surface area contributed by atoms with Crippen LogP contribution in [0.2, 0.25) is 0 Å². The van der Waals surface area contributed by atoms with E-state index in [-0.39, 0.29) is 0 Å². The van der Waals surface area contributed by atoms with Crippen molar-refractivity contribution in [3.8, 4) is 0 Å². The number of aromatic nitrogens is 1. The zero-order chi connectivity index (χ0) is 13.2. The molecule has 2 fully saturated rings. The highest BCUT2D eigenvalue weighted by atomic mass is 79.9. The van der Waals surface area contributed by atoms with Crippen LogP contribution in [-0.2, 0) is 6.54 Å². The van der Waals surface area contributed by atoms with Crippen molar-refractivity contribution in [3.63, 3.8) is 0 Å². The van der Waals surface area contributed by atoms with Gasteiger partial charge in [0.05, 0.1) is 0 Å². The molecule has 1 N–H and O–H groups in total. The smallest absolute Gasteiger partial charge is 0.0410 e. The van der Waals surface area contributed by atoms with Gasteiger partial charge < -0.3 is 5.32 Å².